The van der Waals surface area contributed by atoms with Gasteiger partial charge >= 0.3 is 0 Å². The predicted molar refractivity (Wildman–Crippen MR) is 73.0 cm³/mol. The van der Waals surface area contributed by atoms with E-state index in [1.54, 1.807) is 0 Å². The van der Waals surface area contributed by atoms with Gasteiger partial charge in [0.2, 0.25) is 5.91 Å². The van der Waals surface area contributed by atoms with Gasteiger partial charge < -0.3 is 15.4 Å². The highest BCUT2D eigenvalue weighted by atomic mass is 35.5. The van der Waals surface area contributed by atoms with Gasteiger partial charge in [-0.05, 0) is 18.6 Å². The Hall–Kier alpha value is -1.26. The number of rotatable bonds is 4. The first-order valence-electron chi connectivity index (χ1n) is 5.97. The molecule has 0 aromatic heterocycles. The number of carbonyl (C=O) groups excluding carboxylic acids is 1. The fourth-order valence-corrected chi connectivity index (χ4v) is 1.94. The summed E-state index contributed by atoms with van der Waals surface area (Å²) in [5.41, 5.74) is 5.76. The van der Waals surface area contributed by atoms with Crippen LogP contribution in [0.2, 0.25) is 0 Å². The van der Waals surface area contributed by atoms with Crippen molar-refractivity contribution >= 4 is 18.3 Å². The lowest BCUT2D eigenvalue weighted by atomic mass is 10.3. The fraction of sp³-hybridized carbons (Fsp3) is 0.462. The second kappa shape index (κ2) is 7.24. The van der Waals surface area contributed by atoms with Crippen LogP contribution in [0, 0.1) is 0 Å². The van der Waals surface area contributed by atoms with Crippen molar-refractivity contribution in [1.82, 2.24) is 4.90 Å². The Labute approximate surface area is 114 Å². The van der Waals surface area contributed by atoms with E-state index in [-0.39, 0.29) is 24.4 Å². The van der Waals surface area contributed by atoms with E-state index in [1.165, 1.54) is 0 Å². The van der Waals surface area contributed by atoms with Crippen molar-refractivity contribution in [2.24, 2.45) is 5.73 Å². The number of nitrogens with two attached hydrogens (primary N) is 1. The van der Waals surface area contributed by atoms with Crippen molar-refractivity contribution in [3.05, 3.63) is 30.3 Å². The van der Waals surface area contributed by atoms with Crippen LogP contribution < -0.4 is 10.5 Å². The number of likely N-dealkylation sites (tertiary alicyclic amines) is 1. The number of nitrogens with zero attached hydrogens (tertiary/aromatic N) is 1. The molecule has 1 saturated heterocycles. The first-order valence-corrected chi connectivity index (χ1v) is 5.97. The second-order valence-corrected chi connectivity index (χ2v) is 4.30. The molecular formula is C13H19ClN2O2. The number of hydrogen-bond donors (Lipinski definition) is 1. The normalized spacial score (nSPS) is 18.3. The van der Waals surface area contributed by atoms with Crippen molar-refractivity contribution in [3.63, 3.8) is 0 Å². The SMILES string of the molecule is Cl.N[C@@H]1CCN(C(=O)CCOc2ccccc2)C1. The zero-order chi connectivity index (χ0) is 12.1. The molecule has 1 aliphatic rings. The standard InChI is InChI=1S/C13H18N2O2.ClH/c14-11-6-8-15(10-11)13(16)7-9-17-12-4-2-1-3-5-12;/h1-5,11H,6-10,14H2;1H/t11-;/m1./s1. The van der Waals surface area contributed by atoms with E-state index >= 15 is 0 Å². The number of hydrogen-bond acceptors (Lipinski definition) is 3. The van der Waals surface area contributed by atoms with Crippen molar-refractivity contribution in [1.29, 1.82) is 0 Å². The molecule has 100 valence electrons. The highest BCUT2D eigenvalue weighted by Crippen LogP contribution is 2.11. The summed E-state index contributed by atoms with van der Waals surface area (Å²) >= 11 is 0. The number of halogens is 1. The van der Waals surface area contributed by atoms with Crippen LogP contribution in [-0.2, 0) is 4.79 Å². The van der Waals surface area contributed by atoms with E-state index in [0.29, 0.717) is 19.6 Å². The van der Waals surface area contributed by atoms with Gasteiger partial charge in [-0.3, -0.25) is 4.79 Å². The zero-order valence-corrected chi connectivity index (χ0v) is 11.1. The summed E-state index contributed by atoms with van der Waals surface area (Å²) in [7, 11) is 0. The molecular weight excluding hydrogens is 252 g/mol. The minimum absolute atomic E-state index is 0. The van der Waals surface area contributed by atoms with Crippen LogP contribution in [0.25, 0.3) is 0 Å². The number of benzene rings is 1. The molecule has 1 amide bonds. The third-order valence-corrected chi connectivity index (χ3v) is 2.91. The van der Waals surface area contributed by atoms with Gasteiger partial charge in [0.25, 0.3) is 0 Å². The van der Waals surface area contributed by atoms with Gasteiger partial charge in [0.15, 0.2) is 0 Å². The van der Waals surface area contributed by atoms with E-state index in [1.807, 2.05) is 35.2 Å². The van der Waals surface area contributed by atoms with Crippen LogP contribution in [0.4, 0.5) is 0 Å². The Balaban J connectivity index is 0.00000162. The molecule has 0 spiro atoms. The number of carbonyl (C=O) groups is 1. The van der Waals surface area contributed by atoms with E-state index in [4.69, 9.17) is 10.5 Å². The second-order valence-electron chi connectivity index (χ2n) is 4.30. The molecule has 4 nitrogen and oxygen atoms in total. The lowest BCUT2D eigenvalue weighted by Crippen LogP contribution is -2.32. The van der Waals surface area contributed by atoms with Crippen LogP contribution in [0.3, 0.4) is 0 Å². The summed E-state index contributed by atoms with van der Waals surface area (Å²) in [6.45, 7) is 1.89. The minimum Gasteiger partial charge on any atom is -0.493 e. The third-order valence-electron chi connectivity index (χ3n) is 2.91. The summed E-state index contributed by atoms with van der Waals surface area (Å²) in [6.07, 6.45) is 1.33. The van der Waals surface area contributed by atoms with Gasteiger partial charge in [-0.2, -0.15) is 0 Å². The van der Waals surface area contributed by atoms with Gasteiger partial charge in [0.05, 0.1) is 13.0 Å². The Morgan fingerprint density at radius 3 is 2.72 bits per heavy atom. The minimum atomic E-state index is 0. The molecule has 2 rings (SSSR count). The van der Waals surface area contributed by atoms with E-state index in [9.17, 15) is 4.79 Å². The first kappa shape index (κ1) is 14.8. The van der Waals surface area contributed by atoms with Crippen molar-refractivity contribution in [2.75, 3.05) is 19.7 Å². The maximum absolute atomic E-state index is 11.8. The van der Waals surface area contributed by atoms with Crippen LogP contribution in [0.15, 0.2) is 30.3 Å². The van der Waals surface area contributed by atoms with Gasteiger partial charge in [-0.1, -0.05) is 18.2 Å². The molecule has 5 heteroatoms. The molecule has 0 bridgehead atoms. The maximum Gasteiger partial charge on any atom is 0.226 e. The summed E-state index contributed by atoms with van der Waals surface area (Å²) in [5, 5.41) is 0. The Morgan fingerprint density at radius 2 is 2.11 bits per heavy atom. The van der Waals surface area contributed by atoms with E-state index in [0.717, 1.165) is 18.7 Å². The predicted octanol–water partition coefficient (Wildman–Crippen LogP) is 1.44. The van der Waals surface area contributed by atoms with E-state index in [2.05, 4.69) is 0 Å². The molecule has 0 aliphatic carbocycles. The molecule has 2 N–H and O–H groups in total. The van der Waals surface area contributed by atoms with Crippen LogP contribution >= 0.6 is 12.4 Å². The average molecular weight is 271 g/mol. The highest BCUT2D eigenvalue weighted by molar-refractivity contribution is 5.85. The van der Waals surface area contributed by atoms with Crippen LogP contribution in [-0.4, -0.2) is 36.5 Å². The van der Waals surface area contributed by atoms with Gasteiger partial charge in [0, 0.05) is 19.1 Å². The Morgan fingerprint density at radius 1 is 1.39 bits per heavy atom. The fourth-order valence-electron chi connectivity index (χ4n) is 1.94. The van der Waals surface area contributed by atoms with E-state index < -0.39 is 0 Å². The Bertz CT molecular complexity index is 373. The lowest BCUT2D eigenvalue weighted by Gasteiger charge is -2.15. The Kier molecular flexibility index (Phi) is 5.95. The highest BCUT2D eigenvalue weighted by Gasteiger charge is 2.22. The summed E-state index contributed by atoms with van der Waals surface area (Å²) < 4.78 is 5.48. The molecule has 1 aromatic carbocycles. The number of amides is 1. The quantitative estimate of drug-likeness (QED) is 0.901. The molecule has 0 saturated carbocycles. The van der Waals surface area contributed by atoms with Crippen molar-refractivity contribution in [3.8, 4) is 5.75 Å². The summed E-state index contributed by atoms with van der Waals surface area (Å²) in [5.74, 6) is 0.937. The number of ether oxygens (including phenoxy) is 1. The van der Waals surface area contributed by atoms with Crippen molar-refractivity contribution in [2.45, 2.75) is 18.9 Å². The third kappa shape index (κ3) is 4.20. The van der Waals surface area contributed by atoms with Gasteiger partial charge in [0.1, 0.15) is 5.75 Å². The first-order chi connectivity index (χ1) is 8.25. The largest absolute Gasteiger partial charge is 0.493 e. The monoisotopic (exact) mass is 270 g/mol. The molecule has 18 heavy (non-hydrogen) atoms. The van der Waals surface area contributed by atoms with Gasteiger partial charge in [-0.25, -0.2) is 0 Å². The molecule has 1 heterocycles. The topological polar surface area (TPSA) is 55.6 Å². The van der Waals surface area contributed by atoms with Crippen molar-refractivity contribution < 1.29 is 9.53 Å². The molecule has 1 aliphatic heterocycles. The molecule has 1 atom stereocenters. The van der Waals surface area contributed by atoms with Crippen LogP contribution in [0.1, 0.15) is 12.8 Å². The summed E-state index contributed by atoms with van der Waals surface area (Å²) in [6, 6.07) is 9.68. The van der Waals surface area contributed by atoms with Gasteiger partial charge in [-0.15, -0.1) is 12.4 Å². The molecule has 1 fully saturated rings. The smallest absolute Gasteiger partial charge is 0.226 e. The maximum atomic E-state index is 11.8. The number of para-hydroxylation sites is 1. The lowest BCUT2D eigenvalue weighted by molar-refractivity contribution is -0.130. The molecule has 0 unspecified atom stereocenters. The molecule has 0 radical (unpaired) electrons. The zero-order valence-electron chi connectivity index (χ0n) is 10.2. The summed E-state index contributed by atoms with van der Waals surface area (Å²) in [4.78, 5) is 13.6. The molecule has 1 aromatic rings. The average Bonchev–Trinajstić information content (AvgIpc) is 2.77. The van der Waals surface area contributed by atoms with Crippen LogP contribution in [0.5, 0.6) is 5.75 Å².